The summed E-state index contributed by atoms with van der Waals surface area (Å²) >= 11 is 0. The molecule has 2 aliphatic rings. The molecule has 5 heteroatoms. The second kappa shape index (κ2) is 7.49. The number of nitrogens with zero attached hydrogens (tertiary/aromatic N) is 1. The van der Waals surface area contributed by atoms with Crippen LogP contribution in [-0.4, -0.2) is 43.5 Å². The average Bonchev–Trinajstić information content (AvgIpc) is 2.31. The molecule has 2 nitrogen and oxygen atoms in total. The van der Waals surface area contributed by atoms with Crippen molar-refractivity contribution >= 4 is 12.4 Å². The Bertz CT molecular complexity index is 211. The number of nitrogens with one attached hydrogen (secondary N) is 1. The molecule has 0 spiro atoms. The average molecular weight is 269 g/mol. The molecule has 2 saturated heterocycles. The fourth-order valence-electron chi connectivity index (χ4n) is 2.92. The Hall–Kier alpha value is 0.0700. The highest BCUT2D eigenvalue weighted by molar-refractivity contribution is 5.85. The van der Waals surface area contributed by atoms with E-state index < -0.39 is 12.5 Å². The summed E-state index contributed by atoms with van der Waals surface area (Å²) in [6.45, 7) is 3.87. The third-order valence-corrected chi connectivity index (χ3v) is 3.91. The predicted molar refractivity (Wildman–Crippen MR) is 68.1 cm³/mol. The highest BCUT2D eigenvalue weighted by Gasteiger charge is 2.31. The Morgan fingerprint density at radius 2 is 1.82 bits per heavy atom. The summed E-state index contributed by atoms with van der Waals surface area (Å²) < 4.78 is 25.7. The highest BCUT2D eigenvalue weighted by Crippen LogP contribution is 2.25. The summed E-state index contributed by atoms with van der Waals surface area (Å²) in [6, 6.07) is -0.469. The summed E-state index contributed by atoms with van der Waals surface area (Å²) in [4.78, 5) is 2.05. The van der Waals surface area contributed by atoms with Crippen LogP contribution in [0.1, 0.15) is 32.1 Å². The second-order valence-corrected chi connectivity index (χ2v) is 5.09. The van der Waals surface area contributed by atoms with Crippen LogP contribution in [0, 0.1) is 5.92 Å². The Labute approximate surface area is 109 Å². The van der Waals surface area contributed by atoms with Crippen molar-refractivity contribution in [2.75, 3.05) is 26.2 Å². The normalized spacial score (nSPS) is 28.1. The van der Waals surface area contributed by atoms with Gasteiger partial charge in [0.15, 0.2) is 0 Å². The van der Waals surface area contributed by atoms with Gasteiger partial charge in [-0.2, -0.15) is 0 Å². The van der Waals surface area contributed by atoms with Gasteiger partial charge in [-0.15, -0.1) is 12.4 Å². The van der Waals surface area contributed by atoms with E-state index in [1.54, 1.807) is 0 Å². The van der Waals surface area contributed by atoms with E-state index in [4.69, 9.17) is 0 Å². The van der Waals surface area contributed by atoms with Crippen LogP contribution in [0.4, 0.5) is 8.78 Å². The van der Waals surface area contributed by atoms with Gasteiger partial charge in [-0.3, -0.25) is 4.90 Å². The number of alkyl halides is 2. The van der Waals surface area contributed by atoms with Crippen LogP contribution in [-0.2, 0) is 0 Å². The predicted octanol–water partition coefficient (Wildman–Crippen LogP) is 2.53. The molecule has 2 heterocycles. The lowest BCUT2D eigenvalue weighted by atomic mass is 9.94. The molecule has 1 N–H and O–H groups in total. The fraction of sp³-hybridized carbons (Fsp3) is 1.00. The monoisotopic (exact) mass is 268 g/mol. The lowest BCUT2D eigenvalue weighted by Gasteiger charge is -2.38. The number of piperidine rings is 2. The third kappa shape index (κ3) is 4.34. The van der Waals surface area contributed by atoms with E-state index in [2.05, 4.69) is 5.32 Å². The summed E-state index contributed by atoms with van der Waals surface area (Å²) in [5.74, 6) is 0.626. The van der Waals surface area contributed by atoms with Crippen molar-refractivity contribution < 1.29 is 8.78 Å². The molecule has 0 aromatic heterocycles. The van der Waals surface area contributed by atoms with Crippen LogP contribution in [0.15, 0.2) is 0 Å². The van der Waals surface area contributed by atoms with Crippen molar-refractivity contribution in [3.8, 4) is 0 Å². The first-order valence-corrected chi connectivity index (χ1v) is 6.50. The fourth-order valence-corrected chi connectivity index (χ4v) is 2.92. The third-order valence-electron chi connectivity index (χ3n) is 3.91. The first-order chi connectivity index (χ1) is 7.77. The minimum absolute atomic E-state index is 0. The van der Waals surface area contributed by atoms with E-state index >= 15 is 0 Å². The van der Waals surface area contributed by atoms with Gasteiger partial charge in [0, 0.05) is 6.54 Å². The Morgan fingerprint density at radius 3 is 2.47 bits per heavy atom. The molecule has 2 rings (SSSR count). The molecule has 102 valence electrons. The van der Waals surface area contributed by atoms with Crippen molar-refractivity contribution in [1.29, 1.82) is 0 Å². The van der Waals surface area contributed by atoms with Crippen LogP contribution in [0.3, 0.4) is 0 Å². The number of halogens is 3. The summed E-state index contributed by atoms with van der Waals surface area (Å²) in [7, 11) is 0. The van der Waals surface area contributed by atoms with Crippen molar-refractivity contribution in [1.82, 2.24) is 10.2 Å². The van der Waals surface area contributed by atoms with E-state index in [9.17, 15) is 8.78 Å². The van der Waals surface area contributed by atoms with Gasteiger partial charge in [-0.1, -0.05) is 6.42 Å². The zero-order valence-electron chi connectivity index (χ0n) is 10.2. The zero-order valence-corrected chi connectivity index (χ0v) is 11.0. The summed E-state index contributed by atoms with van der Waals surface area (Å²) in [6.07, 6.45) is 2.87. The maximum Gasteiger partial charge on any atom is 0.253 e. The molecule has 0 aromatic rings. The molecular formula is C12H23ClF2N2. The molecule has 0 aromatic carbocycles. The van der Waals surface area contributed by atoms with Gasteiger partial charge in [0.25, 0.3) is 6.43 Å². The van der Waals surface area contributed by atoms with Crippen LogP contribution in [0.2, 0.25) is 0 Å². The number of hydrogen-bond acceptors (Lipinski definition) is 2. The SMILES string of the molecule is Cl.FC(F)C1CCCCN1CC1CCNCC1. The molecular weight excluding hydrogens is 246 g/mol. The Balaban J connectivity index is 0.00000144. The molecule has 0 bridgehead atoms. The lowest BCUT2D eigenvalue weighted by Crippen LogP contribution is -2.47. The number of hydrogen-bond donors (Lipinski definition) is 1. The molecule has 0 radical (unpaired) electrons. The first kappa shape index (κ1) is 15.1. The summed E-state index contributed by atoms with van der Waals surface area (Å²) in [5.41, 5.74) is 0. The Kier molecular flexibility index (Phi) is 6.67. The molecule has 0 amide bonds. The van der Waals surface area contributed by atoms with Gasteiger partial charge in [-0.25, -0.2) is 8.78 Å². The van der Waals surface area contributed by atoms with Crippen LogP contribution in [0.5, 0.6) is 0 Å². The molecule has 2 fully saturated rings. The van der Waals surface area contributed by atoms with Gasteiger partial charge < -0.3 is 5.32 Å². The largest absolute Gasteiger partial charge is 0.317 e. The molecule has 2 aliphatic heterocycles. The van der Waals surface area contributed by atoms with Crippen molar-refractivity contribution in [3.05, 3.63) is 0 Å². The van der Waals surface area contributed by atoms with E-state index in [0.29, 0.717) is 12.3 Å². The zero-order chi connectivity index (χ0) is 11.4. The van der Waals surface area contributed by atoms with Gasteiger partial charge in [0.1, 0.15) is 0 Å². The standard InChI is InChI=1S/C12H22F2N2.ClH/c13-12(14)11-3-1-2-8-16(11)9-10-4-6-15-7-5-10;/h10-12,15H,1-9H2;1H. The molecule has 17 heavy (non-hydrogen) atoms. The lowest BCUT2D eigenvalue weighted by molar-refractivity contribution is -0.00486. The quantitative estimate of drug-likeness (QED) is 0.846. The smallest absolute Gasteiger partial charge is 0.253 e. The van der Waals surface area contributed by atoms with Gasteiger partial charge >= 0.3 is 0 Å². The molecule has 0 saturated carbocycles. The van der Waals surface area contributed by atoms with Crippen LogP contribution < -0.4 is 5.32 Å². The van der Waals surface area contributed by atoms with E-state index in [1.807, 2.05) is 4.90 Å². The van der Waals surface area contributed by atoms with E-state index in [0.717, 1.165) is 51.9 Å². The van der Waals surface area contributed by atoms with Crippen molar-refractivity contribution in [2.45, 2.75) is 44.6 Å². The van der Waals surface area contributed by atoms with Crippen LogP contribution in [0.25, 0.3) is 0 Å². The highest BCUT2D eigenvalue weighted by atomic mass is 35.5. The van der Waals surface area contributed by atoms with Gasteiger partial charge in [0.05, 0.1) is 6.04 Å². The van der Waals surface area contributed by atoms with Crippen molar-refractivity contribution in [2.24, 2.45) is 5.92 Å². The first-order valence-electron chi connectivity index (χ1n) is 6.50. The second-order valence-electron chi connectivity index (χ2n) is 5.09. The van der Waals surface area contributed by atoms with E-state index in [-0.39, 0.29) is 12.4 Å². The maximum absolute atomic E-state index is 12.9. The molecule has 0 aliphatic carbocycles. The topological polar surface area (TPSA) is 15.3 Å². The van der Waals surface area contributed by atoms with Crippen molar-refractivity contribution in [3.63, 3.8) is 0 Å². The van der Waals surface area contributed by atoms with Crippen LogP contribution >= 0.6 is 12.4 Å². The minimum atomic E-state index is -2.16. The number of rotatable bonds is 3. The van der Waals surface area contributed by atoms with Gasteiger partial charge in [-0.05, 0) is 51.2 Å². The Morgan fingerprint density at radius 1 is 1.12 bits per heavy atom. The molecule has 1 atom stereocenters. The number of likely N-dealkylation sites (tertiary alicyclic amines) is 1. The van der Waals surface area contributed by atoms with E-state index in [1.165, 1.54) is 0 Å². The maximum atomic E-state index is 12.9. The van der Waals surface area contributed by atoms with Gasteiger partial charge in [0.2, 0.25) is 0 Å². The summed E-state index contributed by atoms with van der Waals surface area (Å²) in [5, 5.41) is 3.32. The molecule has 1 unspecified atom stereocenters. The minimum Gasteiger partial charge on any atom is -0.317 e.